The number of rotatable bonds is 5. The van der Waals surface area contributed by atoms with Crippen LogP contribution in [-0.2, 0) is 52.7 Å². The summed E-state index contributed by atoms with van der Waals surface area (Å²) < 4.78 is 33.1. The molecular weight excluding hydrogens is 876 g/mol. The maximum absolute atomic E-state index is 10.9. The van der Waals surface area contributed by atoms with Gasteiger partial charge in [-0.25, -0.2) is 18.1 Å². The van der Waals surface area contributed by atoms with E-state index < -0.39 is 34.2 Å². The minimum atomic E-state index is -2.85. The highest BCUT2D eigenvalue weighted by Crippen LogP contribution is 2.49. The first-order chi connectivity index (χ1) is 28.0. The van der Waals surface area contributed by atoms with Gasteiger partial charge < -0.3 is 14.9 Å². The number of carbonyl (C=O) groups is 3. The van der Waals surface area contributed by atoms with Crippen molar-refractivity contribution in [3.05, 3.63) is 11.6 Å². The number of Topliss-reactive ketones (excluding diaryl/α,β-unsaturated/α-hetero) is 3. The predicted molar refractivity (Wildman–Crippen MR) is 263 cm³/mol. The molecule has 380 valence electrons. The molecule has 0 aliphatic carbocycles. The van der Waals surface area contributed by atoms with E-state index in [0.29, 0.717) is 18.4 Å². The number of aromatic nitrogens is 8. The third-order valence-corrected chi connectivity index (χ3v) is 13.0. The van der Waals surface area contributed by atoms with Crippen molar-refractivity contribution in [3.8, 4) is 0 Å². The van der Waals surface area contributed by atoms with Crippen LogP contribution in [0.2, 0.25) is 5.31 Å². The van der Waals surface area contributed by atoms with E-state index in [1.165, 1.54) is 31.6 Å². The molecule has 0 spiro atoms. The first-order valence-corrected chi connectivity index (χ1v) is 24.8. The third kappa shape index (κ3) is 35.4. The molecule has 3 rings (SSSR count). The molecule has 0 saturated carbocycles. The van der Waals surface area contributed by atoms with Gasteiger partial charge in [0, 0.05) is 40.2 Å². The average Bonchev–Trinajstić information content (AvgIpc) is 3.82. The Morgan fingerprint density at radius 2 is 1.15 bits per heavy atom. The van der Waals surface area contributed by atoms with Crippen LogP contribution in [0.5, 0.6) is 0 Å². The molecule has 65 heavy (non-hydrogen) atoms. The van der Waals surface area contributed by atoms with Gasteiger partial charge in [0.15, 0.2) is 39.7 Å². The highest BCUT2D eigenvalue weighted by molar-refractivity contribution is 7.92. The maximum atomic E-state index is 10.9. The van der Waals surface area contributed by atoms with Gasteiger partial charge in [0.1, 0.15) is 24.7 Å². The first kappa shape index (κ1) is 70.6. The number of amidine groups is 1. The summed E-state index contributed by atoms with van der Waals surface area (Å²) in [6.07, 6.45) is 1.24. The lowest BCUT2D eigenvalue weighted by molar-refractivity contribution is -0.124. The van der Waals surface area contributed by atoms with Crippen molar-refractivity contribution in [2.75, 3.05) is 19.6 Å². The Bertz CT molecular complexity index is 1930. The lowest BCUT2D eigenvalue weighted by Gasteiger charge is -2.21. The molecular formula is C42H89BN11O9PS. The summed E-state index contributed by atoms with van der Waals surface area (Å²) in [4.78, 5) is 46.3. The normalized spacial score (nSPS) is 13.5. The average molecular weight is 966 g/mol. The summed E-state index contributed by atoms with van der Waals surface area (Å²) in [5.41, 5.74) is -0.381. The molecule has 0 aromatic carbocycles. The standard InChI is InChI=1S/2C8H14N4O.C6H12O.C5H9N3.C5H13O2P.C5H12O2S.C4H11BO2.CH4/c1-6(13)5-12-7(8(2,3)4)9-10-11-12;1-6(13)5-12-10-7(9-11-12)8(2,3)4;1-5(7)6(2,3)4;1-4(2)5-6-3-7-8-5;2*1-5(2,3)8(4,6)7;1-4(2,3)5(6)7;/h2*5H2,1-4H3;1-4H3;4H,3H2,1-2H3;1-4H3,(H,6,7);1-4H3;6-7H,1-3H3;1H4. The number of nitrogens with zero attached hydrogens (tertiary/aromatic N) is 11. The Morgan fingerprint density at radius 1 is 0.769 bits per heavy atom. The monoisotopic (exact) mass is 966 g/mol. The summed E-state index contributed by atoms with van der Waals surface area (Å²) in [6.45, 7) is 44.5. The van der Waals surface area contributed by atoms with E-state index in [2.05, 4.69) is 60.0 Å². The highest BCUT2D eigenvalue weighted by atomic mass is 32.2. The van der Waals surface area contributed by atoms with Crippen molar-refractivity contribution in [2.24, 2.45) is 26.6 Å². The third-order valence-electron chi connectivity index (χ3n) is 8.24. The Balaban J connectivity index is -0.000000219. The van der Waals surface area contributed by atoms with Crippen LogP contribution in [0, 0.1) is 11.3 Å². The van der Waals surface area contributed by atoms with Crippen LogP contribution < -0.4 is 0 Å². The van der Waals surface area contributed by atoms with Crippen LogP contribution in [0.25, 0.3) is 0 Å². The van der Waals surface area contributed by atoms with Crippen molar-refractivity contribution < 1.29 is 42.3 Å². The van der Waals surface area contributed by atoms with E-state index in [9.17, 15) is 27.4 Å². The summed E-state index contributed by atoms with van der Waals surface area (Å²) in [5, 5.41) is 46.5. The molecule has 0 saturated heterocycles. The fraction of sp³-hybridized carbons (Fsp3) is 0.857. The highest BCUT2D eigenvalue weighted by Gasteiger charge is 2.29. The lowest BCUT2D eigenvalue weighted by atomic mass is 9.62. The van der Waals surface area contributed by atoms with Crippen molar-refractivity contribution in [1.82, 2.24) is 40.4 Å². The zero-order valence-corrected chi connectivity index (χ0v) is 45.6. The molecule has 1 atom stereocenters. The van der Waals surface area contributed by atoms with E-state index in [1.54, 1.807) is 73.9 Å². The Kier molecular flexibility index (Phi) is 31.1. The van der Waals surface area contributed by atoms with Crippen molar-refractivity contribution in [3.63, 3.8) is 0 Å². The Morgan fingerprint density at radius 3 is 1.35 bits per heavy atom. The number of carbonyl (C=O) groups excluding carboxylic acids is 3. The summed E-state index contributed by atoms with van der Waals surface area (Å²) in [7, 11) is -6.89. The Hall–Kier alpha value is -3.46. The van der Waals surface area contributed by atoms with Crippen molar-refractivity contribution in [1.29, 1.82) is 0 Å². The number of hydrogen-bond donors (Lipinski definition) is 3. The molecule has 3 N–H and O–H groups in total. The van der Waals surface area contributed by atoms with E-state index in [0.717, 1.165) is 11.7 Å². The number of azo groups is 1. The number of tetrazole rings is 2. The van der Waals surface area contributed by atoms with Crippen molar-refractivity contribution >= 4 is 47.5 Å². The quantitative estimate of drug-likeness (QED) is 0.192. The molecule has 3 heterocycles. The van der Waals surface area contributed by atoms with Gasteiger partial charge in [0.05, 0.1) is 4.75 Å². The topological polar surface area (TPSA) is 287 Å². The molecule has 1 aliphatic heterocycles. The van der Waals surface area contributed by atoms with Gasteiger partial charge in [-0.15, -0.1) is 20.4 Å². The zero-order valence-electron chi connectivity index (χ0n) is 43.8. The minimum Gasteiger partial charge on any atom is -0.427 e. The SMILES string of the molecule is C.CC(=O)C(C)(C)C.CC(=O)Cn1nnc(C(C)(C)C)n1.CC(=O)Cn1nnnc1C(C)(C)C.CC(C)(C)B(O)O.CC(C)(C)P(C)(=O)O.CC(C)(C)S(C)(=O)=O.CC(C)C1=NCN=N1. The first-order valence-electron chi connectivity index (χ1n) is 20.8. The van der Waals surface area contributed by atoms with Crippen molar-refractivity contribution in [2.45, 2.75) is 206 Å². The maximum Gasteiger partial charge on any atom is 0.457 e. The summed E-state index contributed by atoms with van der Waals surface area (Å²) in [6, 6.07) is 0. The molecule has 0 fully saturated rings. The molecule has 1 unspecified atom stereocenters. The fourth-order valence-corrected chi connectivity index (χ4v) is 2.41. The molecule has 2 aromatic heterocycles. The smallest absolute Gasteiger partial charge is 0.427 e. The largest absolute Gasteiger partial charge is 0.457 e. The summed E-state index contributed by atoms with van der Waals surface area (Å²) >= 11 is 0. The predicted octanol–water partition coefficient (Wildman–Crippen LogP) is 7.61. The molecule has 0 radical (unpaired) electrons. The second kappa shape index (κ2) is 28.7. The number of aliphatic imine (C=N–C) groups is 1. The molecule has 20 nitrogen and oxygen atoms in total. The van der Waals surface area contributed by atoms with Crippen LogP contribution in [0.4, 0.5) is 0 Å². The van der Waals surface area contributed by atoms with Crippen LogP contribution in [0.1, 0.15) is 178 Å². The molecule has 1 aliphatic rings. The number of hydrogen-bond acceptors (Lipinski definition) is 17. The van der Waals surface area contributed by atoms with Crippen LogP contribution >= 0.6 is 7.37 Å². The van der Waals surface area contributed by atoms with E-state index in [4.69, 9.17) is 14.9 Å². The second-order valence-electron chi connectivity index (χ2n) is 21.7. The van der Waals surface area contributed by atoms with Gasteiger partial charge in [-0.1, -0.05) is 125 Å². The Labute approximate surface area is 392 Å². The van der Waals surface area contributed by atoms with E-state index in [-0.39, 0.29) is 59.4 Å². The second-order valence-corrected chi connectivity index (χ2v) is 27.6. The number of ketones is 3. The molecule has 23 heteroatoms. The van der Waals surface area contributed by atoms with E-state index in [1.807, 2.05) is 62.3 Å². The van der Waals surface area contributed by atoms with E-state index >= 15 is 0 Å². The lowest BCUT2D eigenvalue weighted by Crippen LogP contribution is -2.26. The van der Waals surface area contributed by atoms with Gasteiger partial charge in [0.25, 0.3) is 0 Å². The molecule has 2 aromatic rings. The minimum absolute atomic E-state index is 0. The van der Waals surface area contributed by atoms with Crippen LogP contribution in [-0.4, -0.2) is 124 Å². The van der Waals surface area contributed by atoms with Crippen LogP contribution in [0.3, 0.4) is 0 Å². The fourth-order valence-electron chi connectivity index (χ4n) is 2.41. The van der Waals surface area contributed by atoms with Crippen LogP contribution in [0.15, 0.2) is 15.2 Å². The summed E-state index contributed by atoms with van der Waals surface area (Å²) in [5.74, 6) is 3.03. The zero-order chi connectivity index (χ0) is 52.3. The number of sulfone groups is 1. The van der Waals surface area contributed by atoms with Gasteiger partial charge in [-0.05, 0) is 62.5 Å². The van der Waals surface area contributed by atoms with Gasteiger partial charge in [-0.3, -0.25) is 18.9 Å². The molecule has 0 bridgehead atoms. The van der Waals surface area contributed by atoms with Gasteiger partial charge >= 0.3 is 7.12 Å². The van der Waals surface area contributed by atoms with Gasteiger partial charge in [-0.2, -0.15) is 9.91 Å². The molecule has 0 amide bonds. The van der Waals surface area contributed by atoms with Gasteiger partial charge in [0.2, 0.25) is 7.37 Å².